The SMILES string of the molecule is NCC(C(=O)O)c1cc2c(c(Br)c1O)CCCC2. The van der Waals surface area contributed by atoms with Gasteiger partial charge in [0.15, 0.2) is 0 Å². The number of carboxylic acids is 1. The van der Waals surface area contributed by atoms with Gasteiger partial charge in [0.1, 0.15) is 5.75 Å². The Hall–Kier alpha value is -1.07. The van der Waals surface area contributed by atoms with Crippen LogP contribution in [0.4, 0.5) is 0 Å². The van der Waals surface area contributed by atoms with E-state index < -0.39 is 11.9 Å². The summed E-state index contributed by atoms with van der Waals surface area (Å²) in [4.78, 5) is 11.2. The van der Waals surface area contributed by atoms with E-state index in [0.29, 0.717) is 10.0 Å². The van der Waals surface area contributed by atoms with Crippen LogP contribution in [0, 0.1) is 0 Å². The van der Waals surface area contributed by atoms with Gasteiger partial charge in [0.25, 0.3) is 0 Å². The molecule has 0 spiro atoms. The van der Waals surface area contributed by atoms with E-state index in [-0.39, 0.29) is 12.3 Å². The third-order valence-corrected chi connectivity index (χ3v) is 4.35. The molecule has 0 radical (unpaired) electrons. The van der Waals surface area contributed by atoms with Crippen molar-refractivity contribution in [2.75, 3.05) is 6.54 Å². The monoisotopic (exact) mass is 313 g/mol. The van der Waals surface area contributed by atoms with Crippen LogP contribution in [0.5, 0.6) is 5.75 Å². The lowest BCUT2D eigenvalue weighted by Crippen LogP contribution is -2.22. The minimum absolute atomic E-state index is 0.0197. The molecule has 0 aliphatic heterocycles. The average Bonchev–Trinajstić information content (AvgIpc) is 2.36. The van der Waals surface area contributed by atoms with E-state index in [2.05, 4.69) is 15.9 Å². The fourth-order valence-electron chi connectivity index (χ4n) is 2.49. The molecular weight excluding hydrogens is 298 g/mol. The summed E-state index contributed by atoms with van der Waals surface area (Å²) in [6.45, 7) is -0.0197. The number of carbonyl (C=O) groups is 1. The van der Waals surface area contributed by atoms with Crippen molar-refractivity contribution in [1.29, 1.82) is 0 Å². The Morgan fingerprint density at radius 3 is 2.72 bits per heavy atom. The van der Waals surface area contributed by atoms with Crippen LogP contribution in [-0.2, 0) is 17.6 Å². The van der Waals surface area contributed by atoms with Gasteiger partial charge in [0.2, 0.25) is 0 Å². The number of aromatic hydroxyl groups is 1. The van der Waals surface area contributed by atoms with Gasteiger partial charge < -0.3 is 15.9 Å². The smallest absolute Gasteiger partial charge is 0.312 e. The number of benzene rings is 1. The molecule has 1 unspecified atom stereocenters. The van der Waals surface area contributed by atoms with Crippen molar-refractivity contribution in [3.8, 4) is 5.75 Å². The molecule has 4 N–H and O–H groups in total. The van der Waals surface area contributed by atoms with Gasteiger partial charge in [-0.2, -0.15) is 0 Å². The predicted octanol–water partition coefficient (Wildman–Crippen LogP) is 2.16. The Kier molecular flexibility index (Phi) is 3.92. The second-order valence-corrected chi connectivity index (χ2v) is 5.39. The van der Waals surface area contributed by atoms with Crippen molar-refractivity contribution in [3.63, 3.8) is 0 Å². The number of rotatable bonds is 3. The highest BCUT2D eigenvalue weighted by molar-refractivity contribution is 9.10. The van der Waals surface area contributed by atoms with Gasteiger partial charge in [-0.1, -0.05) is 6.07 Å². The van der Waals surface area contributed by atoms with Crippen molar-refractivity contribution < 1.29 is 15.0 Å². The summed E-state index contributed by atoms with van der Waals surface area (Å²) >= 11 is 3.38. The minimum Gasteiger partial charge on any atom is -0.506 e. The normalized spacial score (nSPS) is 16.1. The van der Waals surface area contributed by atoms with E-state index in [1.54, 1.807) is 6.07 Å². The molecule has 0 saturated carbocycles. The van der Waals surface area contributed by atoms with Gasteiger partial charge in [-0.3, -0.25) is 4.79 Å². The number of hydrogen-bond donors (Lipinski definition) is 3. The van der Waals surface area contributed by atoms with Gasteiger partial charge in [0, 0.05) is 12.1 Å². The van der Waals surface area contributed by atoms with E-state index in [1.165, 1.54) is 0 Å². The van der Waals surface area contributed by atoms with E-state index in [1.807, 2.05) is 0 Å². The maximum absolute atomic E-state index is 11.2. The van der Waals surface area contributed by atoms with Gasteiger partial charge in [-0.15, -0.1) is 0 Å². The summed E-state index contributed by atoms with van der Waals surface area (Å²) in [5.74, 6) is -1.84. The molecule has 2 rings (SSSR count). The molecule has 0 amide bonds. The molecule has 0 aromatic heterocycles. The molecule has 4 nitrogen and oxygen atoms in total. The van der Waals surface area contributed by atoms with Gasteiger partial charge >= 0.3 is 5.97 Å². The average molecular weight is 314 g/mol. The number of phenolic OH excluding ortho intramolecular Hbond substituents is 1. The summed E-state index contributed by atoms with van der Waals surface area (Å²) in [6, 6.07) is 1.81. The van der Waals surface area contributed by atoms with Gasteiger partial charge in [-0.05, 0) is 52.7 Å². The van der Waals surface area contributed by atoms with Crippen LogP contribution < -0.4 is 5.73 Å². The lowest BCUT2D eigenvalue weighted by Gasteiger charge is -2.22. The number of aliphatic carboxylic acids is 1. The van der Waals surface area contributed by atoms with Gasteiger partial charge in [0.05, 0.1) is 10.4 Å². The second kappa shape index (κ2) is 5.28. The molecule has 5 heteroatoms. The fraction of sp³-hybridized carbons (Fsp3) is 0.462. The van der Waals surface area contributed by atoms with E-state index in [4.69, 9.17) is 10.8 Å². The summed E-state index contributed by atoms with van der Waals surface area (Å²) < 4.78 is 0.634. The third kappa shape index (κ3) is 2.24. The summed E-state index contributed by atoms with van der Waals surface area (Å²) in [6.07, 6.45) is 4.05. The number of phenols is 1. The standard InChI is InChI=1S/C13H16BrNO3/c14-11-8-4-2-1-3-7(8)5-9(12(11)16)10(6-15)13(17)18/h5,10,16H,1-4,6,15H2,(H,17,18). The third-order valence-electron chi connectivity index (χ3n) is 3.50. The van der Waals surface area contributed by atoms with Crippen LogP contribution in [0.3, 0.4) is 0 Å². The Labute approximate surface area is 114 Å². The first-order valence-electron chi connectivity index (χ1n) is 6.02. The zero-order valence-corrected chi connectivity index (χ0v) is 11.5. The molecule has 0 heterocycles. The largest absolute Gasteiger partial charge is 0.506 e. The van der Waals surface area contributed by atoms with E-state index in [0.717, 1.165) is 36.8 Å². The first-order chi connectivity index (χ1) is 8.56. The summed E-state index contributed by atoms with van der Waals surface area (Å²) in [7, 11) is 0. The minimum atomic E-state index is -1.00. The highest BCUT2D eigenvalue weighted by atomic mass is 79.9. The van der Waals surface area contributed by atoms with Crippen molar-refractivity contribution in [1.82, 2.24) is 0 Å². The number of fused-ring (bicyclic) bond motifs is 1. The van der Waals surface area contributed by atoms with E-state index in [9.17, 15) is 9.90 Å². The first-order valence-corrected chi connectivity index (χ1v) is 6.81. The molecule has 1 aromatic rings. The highest BCUT2D eigenvalue weighted by Crippen LogP contribution is 2.40. The Morgan fingerprint density at radius 1 is 1.44 bits per heavy atom. The maximum atomic E-state index is 11.2. The lowest BCUT2D eigenvalue weighted by atomic mass is 9.87. The van der Waals surface area contributed by atoms with Crippen molar-refractivity contribution in [2.45, 2.75) is 31.6 Å². The zero-order valence-electron chi connectivity index (χ0n) is 9.95. The molecule has 1 aromatic carbocycles. The van der Waals surface area contributed by atoms with Crippen LogP contribution >= 0.6 is 15.9 Å². The molecule has 1 atom stereocenters. The lowest BCUT2D eigenvalue weighted by molar-refractivity contribution is -0.138. The summed E-state index contributed by atoms with van der Waals surface area (Å²) in [5.41, 5.74) is 8.13. The van der Waals surface area contributed by atoms with Crippen molar-refractivity contribution in [3.05, 3.63) is 27.2 Å². The molecular formula is C13H16BrNO3. The zero-order chi connectivity index (χ0) is 13.3. The quantitative estimate of drug-likeness (QED) is 0.798. The predicted molar refractivity (Wildman–Crippen MR) is 71.9 cm³/mol. The Balaban J connectivity index is 2.55. The Morgan fingerprint density at radius 2 is 2.11 bits per heavy atom. The molecule has 1 aliphatic carbocycles. The second-order valence-electron chi connectivity index (χ2n) is 4.60. The maximum Gasteiger partial charge on any atom is 0.312 e. The number of carboxylic acid groups (broad SMARTS) is 1. The number of hydrogen-bond acceptors (Lipinski definition) is 3. The highest BCUT2D eigenvalue weighted by Gasteiger charge is 2.26. The number of halogens is 1. The molecule has 98 valence electrons. The summed E-state index contributed by atoms with van der Waals surface area (Å²) in [5, 5.41) is 19.3. The molecule has 18 heavy (non-hydrogen) atoms. The van der Waals surface area contributed by atoms with Crippen molar-refractivity contribution in [2.24, 2.45) is 5.73 Å². The molecule has 0 bridgehead atoms. The molecule has 0 saturated heterocycles. The van der Waals surface area contributed by atoms with Crippen LogP contribution in [-0.4, -0.2) is 22.7 Å². The van der Waals surface area contributed by atoms with Crippen LogP contribution in [0.25, 0.3) is 0 Å². The van der Waals surface area contributed by atoms with Gasteiger partial charge in [-0.25, -0.2) is 0 Å². The van der Waals surface area contributed by atoms with Crippen molar-refractivity contribution >= 4 is 21.9 Å². The fourth-order valence-corrected chi connectivity index (χ4v) is 3.17. The molecule has 0 fully saturated rings. The molecule has 1 aliphatic rings. The number of nitrogens with two attached hydrogens (primary N) is 1. The first kappa shape index (κ1) is 13.4. The Bertz CT molecular complexity index is 488. The van der Waals surface area contributed by atoms with Crippen LogP contribution in [0.2, 0.25) is 0 Å². The number of aryl methyl sites for hydroxylation is 1. The van der Waals surface area contributed by atoms with E-state index >= 15 is 0 Å². The van der Waals surface area contributed by atoms with Crippen LogP contribution in [0.1, 0.15) is 35.4 Å². The topological polar surface area (TPSA) is 83.6 Å². The van der Waals surface area contributed by atoms with Crippen LogP contribution in [0.15, 0.2) is 10.5 Å².